The second-order valence-electron chi connectivity index (χ2n) is 9.80. The highest BCUT2D eigenvalue weighted by atomic mass is 16.5. The highest BCUT2D eigenvalue weighted by molar-refractivity contribution is 6.10. The quantitative estimate of drug-likeness (QED) is 0.415. The lowest BCUT2D eigenvalue weighted by molar-refractivity contribution is 0.0365. The summed E-state index contributed by atoms with van der Waals surface area (Å²) in [5, 5.41) is 4.82. The molecule has 7 nitrogen and oxygen atoms in total. The van der Waals surface area contributed by atoms with Crippen molar-refractivity contribution in [2.75, 3.05) is 65.3 Å². The van der Waals surface area contributed by atoms with Gasteiger partial charge in [-0.15, -0.1) is 0 Å². The molecular formula is C28H36N6O. The molecule has 0 radical (unpaired) electrons. The normalized spacial score (nSPS) is 14.9. The topological polar surface area (TPSA) is 58.5 Å². The predicted octanol–water partition coefficient (Wildman–Crippen LogP) is 4.17. The first-order chi connectivity index (χ1) is 17.0. The summed E-state index contributed by atoms with van der Waals surface area (Å²) in [6.07, 6.45) is 2.00. The van der Waals surface area contributed by atoms with Gasteiger partial charge in [0.2, 0.25) is 0 Å². The minimum absolute atomic E-state index is 0.817. The van der Waals surface area contributed by atoms with E-state index in [2.05, 4.69) is 84.0 Å². The summed E-state index contributed by atoms with van der Waals surface area (Å²) >= 11 is 0. The summed E-state index contributed by atoms with van der Waals surface area (Å²) in [5.74, 6) is 0. The third kappa shape index (κ3) is 5.03. The Bertz CT molecular complexity index is 1320. The molecule has 1 aliphatic heterocycles. The Morgan fingerprint density at radius 1 is 1.06 bits per heavy atom. The number of nitrogens with one attached hydrogen (secondary N) is 1. The summed E-state index contributed by atoms with van der Waals surface area (Å²) in [7, 11) is 4.19. The molecule has 1 fully saturated rings. The number of aryl methyl sites for hydroxylation is 2. The fourth-order valence-corrected chi connectivity index (χ4v) is 5.02. The van der Waals surface area contributed by atoms with Gasteiger partial charge in [-0.1, -0.05) is 24.3 Å². The van der Waals surface area contributed by atoms with Gasteiger partial charge in [0.15, 0.2) is 0 Å². The number of benzene rings is 2. The maximum absolute atomic E-state index is 5.53. The molecule has 1 saturated heterocycles. The van der Waals surface area contributed by atoms with Crippen molar-refractivity contribution in [2.24, 2.45) is 0 Å². The molecule has 1 N–H and O–H groups in total. The van der Waals surface area contributed by atoms with Crippen molar-refractivity contribution in [3.05, 3.63) is 53.9 Å². The molecule has 3 heterocycles. The van der Waals surface area contributed by atoms with E-state index >= 15 is 0 Å². The number of para-hydroxylation sites is 1. The van der Waals surface area contributed by atoms with Crippen molar-refractivity contribution in [3.8, 4) is 11.3 Å². The van der Waals surface area contributed by atoms with Crippen LogP contribution < -0.4 is 5.32 Å². The molecule has 0 spiro atoms. The van der Waals surface area contributed by atoms with E-state index in [0.29, 0.717) is 0 Å². The third-order valence-electron chi connectivity index (χ3n) is 6.81. The second kappa shape index (κ2) is 10.3. The molecule has 0 aliphatic carbocycles. The molecule has 1 aliphatic rings. The summed E-state index contributed by atoms with van der Waals surface area (Å²) in [5.41, 5.74) is 8.77. The lowest BCUT2D eigenvalue weighted by atomic mass is 10.0. The van der Waals surface area contributed by atoms with E-state index in [1.807, 2.05) is 6.33 Å². The number of morpholine rings is 1. The third-order valence-corrected chi connectivity index (χ3v) is 6.81. The molecule has 2 aromatic carbocycles. The largest absolute Gasteiger partial charge is 0.383 e. The van der Waals surface area contributed by atoms with E-state index in [1.54, 1.807) is 0 Å². The fraction of sp³-hybridized carbons (Fsp3) is 0.429. The van der Waals surface area contributed by atoms with E-state index in [9.17, 15) is 0 Å². The van der Waals surface area contributed by atoms with Gasteiger partial charge in [-0.25, -0.2) is 9.97 Å². The van der Waals surface area contributed by atoms with Crippen molar-refractivity contribution in [2.45, 2.75) is 20.4 Å². The number of likely N-dealkylation sites (N-methyl/N-ethyl adjacent to an activating group) is 1. The van der Waals surface area contributed by atoms with E-state index in [-0.39, 0.29) is 0 Å². The monoisotopic (exact) mass is 472 g/mol. The number of hydrogen-bond donors (Lipinski definition) is 1. The Kier molecular flexibility index (Phi) is 7.00. The highest BCUT2D eigenvalue weighted by Crippen LogP contribution is 2.36. The van der Waals surface area contributed by atoms with Crippen molar-refractivity contribution in [1.29, 1.82) is 0 Å². The van der Waals surface area contributed by atoms with E-state index in [0.717, 1.165) is 80.5 Å². The summed E-state index contributed by atoms with van der Waals surface area (Å²) in [6.45, 7) is 11.7. The average molecular weight is 473 g/mol. The smallest absolute Gasteiger partial charge is 0.115 e. The number of ether oxygens (including phenoxy) is 1. The van der Waals surface area contributed by atoms with Crippen molar-refractivity contribution < 1.29 is 4.74 Å². The zero-order chi connectivity index (χ0) is 24.4. The van der Waals surface area contributed by atoms with Gasteiger partial charge in [0.1, 0.15) is 11.2 Å². The molecule has 2 aromatic heterocycles. The molecule has 0 bridgehead atoms. The van der Waals surface area contributed by atoms with Crippen LogP contribution in [0.1, 0.15) is 11.1 Å². The lowest BCUT2D eigenvalue weighted by Gasteiger charge is -2.26. The maximum Gasteiger partial charge on any atom is 0.115 e. The Morgan fingerprint density at radius 2 is 1.86 bits per heavy atom. The molecule has 0 unspecified atom stereocenters. The summed E-state index contributed by atoms with van der Waals surface area (Å²) in [6, 6.07) is 12.9. The second-order valence-corrected chi connectivity index (χ2v) is 9.80. The Labute approximate surface area is 207 Å². The summed E-state index contributed by atoms with van der Waals surface area (Å²) in [4.78, 5) is 14.8. The van der Waals surface area contributed by atoms with Crippen LogP contribution in [-0.4, -0.2) is 84.4 Å². The van der Waals surface area contributed by atoms with Crippen molar-refractivity contribution >= 4 is 27.6 Å². The molecular weight excluding hydrogens is 436 g/mol. The fourth-order valence-electron chi connectivity index (χ4n) is 5.02. The summed E-state index contributed by atoms with van der Waals surface area (Å²) < 4.78 is 7.85. The number of imidazole rings is 1. The highest BCUT2D eigenvalue weighted by Gasteiger charge is 2.20. The first-order valence-corrected chi connectivity index (χ1v) is 12.5. The maximum atomic E-state index is 5.53. The number of nitrogens with zero attached hydrogens (tertiary/aromatic N) is 5. The number of aromatic nitrogens is 3. The molecule has 0 saturated carbocycles. The van der Waals surface area contributed by atoms with Gasteiger partial charge in [0.05, 0.1) is 30.6 Å². The van der Waals surface area contributed by atoms with Gasteiger partial charge in [-0.3, -0.25) is 4.90 Å². The number of fused-ring (bicyclic) bond motifs is 3. The molecule has 184 valence electrons. The molecule has 5 rings (SSSR count). The van der Waals surface area contributed by atoms with Crippen LogP contribution in [0, 0.1) is 13.8 Å². The minimum atomic E-state index is 0.817. The number of rotatable bonds is 8. The van der Waals surface area contributed by atoms with Crippen LogP contribution in [0.2, 0.25) is 0 Å². The first kappa shape index (κ1) is 23.7. The number of hydrogen-bond acceptors (Lipinski definition) is 6. The first-order valence-electron chi connectivity index (χ1n) is 12.5. The average Bonchev–Trinajstić information content (AvgIpc) is 3.26. The number of pyridine rings is 1. The van der Waals surface area contributed by atoms with Crippen LogP contribution >= 0.6 is 0 Å². The Hall–Kier alpha value is -3.00. The van der Waals surface area contributed by atoms with Crippen LogP contribution in [0.25, 0.3) is 33.2 Å². The van der Waals surface area contributed by atoms with E-state index in [1.165, 1.54) is 22.0 Å². The molecule has 0 amide bonds. The van der Waals surface area contributed by atoms with Gasteiger partial charge < -0.3 is 19.5 Å². The van der Waals surface area contributed by atoms with E-state index < -0.39 is 0 Å². The standard InChI is InChI=1S/C28H36N6O/c1-20-17-21(2)25-24(18-20)31-26(22-7-5-6-8-23(22)29-9-10-32(3)4)27-28(25)34(19-30-27)12-11-33-13-15-35-16-14-33/h5-8,17-19,29H,9-16H2,1-4H3. The van der Waals surface area contributed by atoms with Crippen molar-refractivity contribution in [3.63, 3.8) is 0 Å². The minimum Gasteiger partial charge on any atom is -0.383 e. The van der Waals surface area contributed by atoms with Crippen LogP contribution in [0.3, 0.4) is 0 Å². The lowest BCUT2D eigenvalue weighted by Crippen LogP contribution is -2.38. The van der Waals surface area contributed by atoms with Gasteiger partial charge in [0.25, 0.3) is 0 Å². The van der Waals surface area contributed by atoms with Gasteiger partial charge in [-0.05, 0) is 51.2 Å². The van der Waals surface area contributed by atoms with Crippen LogP contribution in [0.15, 0.2) is 42.7 Å². The van der Waals surface area contributed by atoms with Crippen LogP contribution in [-0.2, 0) is 11.3 Å². The number of anilines is 1. The van der Waals surface area contributed by atoms with Crippen LogP contribution in [0.4, 0.5) is 5.69 Å². The molecule has 0 atom stereocenters. The van der Waals surface area contributed by atoms with Crippen LogP contribution in [0.5, 0.6) is 0 Å². The van der Waals surface area contributed by atoms with E-state index in [4.69, 9.17) is 14.7 Å². The zero-order valence-corrected chi connectivity index (χ0v) is 21.3. The van der Waals surface area contributed by atoms with Crippen molar-refractivity contribution in [1.82, 2.24) is 24.3 Å². The Balaban J connectivity index is 1.62. The van der Waals surface area contributed by atoms with Gasteiger partial charge in [0, 0.05) is 55.9 Å². The SMILES string of the molecule is Cc1cc(C)c2c(c1)nc(-c1ccccc1NCCN(C)C)c1ncn(CCN3CCOCC3)c12. The van der Waals surface area contributed by atoms with Gasteiger partial charge >= 0.3 is 0 Å². The van der Waals surface area contributed by atoms with Gasteiger partial charge in [-0.2, -0.15) is 0 Å². The Morgan fingerprint density at radius 3 is 2.66 bits per heavy atom. The molecule has 7 heteroatoms. The zero-order valence-electron chi connectivity index (χ0n) is 21.3. The predicted molar refractivity (Wildman–Crippen MR) is 144 cm³/mol. The molecule has 35 heavy (non-hydrogen) atoms. The molecule has 4 aromatic rings.